The molecule has 4 aromatic heterocycles. The molecule has 1 fully saturated rings. The number of aliphatic hydroxyl groups is 4. The van der Waals surface area contributed by atoms with Crippen LogP contribution in [0.25, 0.3) is 0 Å². The third kappa shape index (κ3) is 12.1. The molecule has 0 unspecified atom stereocenters. The average molecular weight is 905 g/mol. The summed E-state index contributed by atoms with van der Waals surface area (Å²) in [5.74, 6) is -0.864. The van der Waals surface area contributed by atoms with E-state index in [2.05, 4.69) is 19.9 Å². The van der Waals surface area contributed by atoms with Gasteiger partial charge < -0.3 is 50.6 Å². The van der Waals surface area contributed by atoms with Gasteiger partial charge in [0, 0.05) is 122 Å². The normalized spacial score (nSPS) is 20.7. The van der Waals surface area contributed by atoms with Crippen molar-refractivity contribution in [2.45, 2.75) is 80.3 Å². The summed E-state index contributed by atoms with van der Waals surface area (Å²) in [7, 11) is -8.55. The Balaban J connectivity index is 1.63. The summed E-state index contributed by atoms with van der Waals surface area (Å²) in [5, 5.41) is 85.2. The molecule has 1 aliphatic heterocycles. The molecule has 5 rings (SSSR count). The second-order valence-electron chi connectivity index (χ2n) is 15.9. The zero-order chi connectivity index (χ0) is 45.5. The number of pyridine rings is 4. The van der Waals surface area contributed by atoms with Gasteiger partial charge >= 0.3 is 0 Å². The predicted octanol–water partition coefficient (Wildman–Crippen LogP) is 1.98. The SMILES string of the molecule is Cc1ncc(CO)c(CN2CCN(Cc3c(CO)cnc(C)c3O)CP(=O)(O)CN(Cc3c(CO)cnc(C)c3O)CCN(Cc3c(CO)cnc(C)c3O)CP(=O)(O)C2)c1O. The van der Waals surface area contributed by atoms with Crippen molar-refractivity contribution in [2.75, 3.05) is 51.3 Å². The van der Waals surface area contributed by atoms with Crippen LogP contribution in [0.4, 0.5) is 0 Å². The zero-order valence-corrected chi connectivity index (χ0v) is 37.2. The van der Waals surface area contributed by atoms with E-state index >= 15 is 0 Å². The second-order valence-corrected chi connectivity index (χ2v) is 20.4. The molecular weight excluding hydrogens is 846 g/mol. The first-order valence-electron chi connectivity index (χ1n) is 19.9. The Labute approximate surface area is 360 Å². The fourth-order valence-corrected chi connectivity index (χ4v) is 11.2. The molecule has 0 bridgehead atoms. The Bertz CT molecular complexity index is 2010. The minimum Gasteiger partial charge on any atom is -0.506 e. The maximum absolute atomic E-state index is 14.6. The summed E-state index contributed by atoms with van der Waals surface area (Å²) in [4.78, 5) is 46.7. The van der Waals surface area contributed by atoms with E-state index in [9.17, 15) is 59.8 Å². The summed E-state index contributed by atoms with van der Waals surface area (Å²) >= 11 is 0. The predicted molar refractivity (Wildman–Crippen MR) is 227 cm³/mol. The van der Waals surface area contributed by atoms with Crippen molar-refractivity contribution in [1.29, 1.82) is 0 Å². The highest BCUT2D eigenvalue weighted by Crippen LogP contribution is 2.46. The molecule has 1 aliphatic rings. The highest BCUT2D eigenvalue weighted by atomic mass is 31.2. The van der Waals surface area contributed by atoms with E-state index < -0.39 is 66.3 Å². The van der Waals surface area contributed by atoms with E-state index in [0.29, 0.717) is 0 Å². The standard InChI is InChI=1S/C40H58N8O12P2/c1-25-37(53)33(29(17-49)9-41-25)13-45-5-6-46(14-34-30(18-50)10-42-26(2)38(34)54)23-62(59,60)24-48(16-36-32(20-52)12-44-28(4)40(36)56)8-7-47(22-61(57,58)21-45)15-35-31(19-51)11-43-27(3)39(35)55/h9-12,49-56H,5-8,13-24H2,1-4H3,(H,57,58)(H,59,60). The quantitative estimate of drug-likeness (QED) is 0.0909. The molecule has 0 radical (unpaired) electrons. The van der Waals surface area contributed by atoms with Gasteiger partial charge in [0.25, 0.3) is 0 Å². The van der Waals surface area contributed by atoms with E-state index in [-0.39, 0.29) is 143 Å². The van der Waals surface area contributed by atoms with Gasteiger partial charge in [-0.05, 0) is 27.7 Å². The molecule has 340 valence electrons. The van der Waals surface area contributed by atoms with Gasteiger partial charge in [0.1, 0.15) is 23.0 Å². The average Bonchev–Trinajstić information content (AvgIpc) is 3.22. The van der Waals surface area contributed by atoms with Crippen molar-refractivity contribution < 1.29 is 59.8 Å². The largest absolute Gasteiger partial charge is 0.506 e. The van der Waals surface area contributed by atoms with Crippen LogP contribution in [0.1, 0.15) is 67.3 Å². The fourth-order valence-electron chi connectivity index (χ4n) is 7.59. The molecule has 0 aromatic carbocycles. The van der Waals surface area contributed by atoms with Crippen LogP contribution in [-0.4, -0.2) is 141 Å². The number of aryl methyl sites for hydroxylation is 4. The van der Waals surface area contributed by atoms with Gasteiger partial charge in [-0.3, -0.25) is 48.7 Å². The number of aliphatic hydroxyl groups excluding tert-OH is 4. The number of aromatic nitrogens is 4. The fraction of sp³-hybridized carbons (Fsp3) is 0.500. The van der Waals surface area contributed by atoms with Gasteiger partial charge in [-0.25, -0.2) is 0 Å². The molecule has 20 nitrogen and oxygen atoms in total. The van der Waals surface area contributed by atoms with Gasteiger partial charge in [0.2, 0.25) is 14.7 Å². The molecule has 1 saturated heterocycles. The van der Waals surface area contributed by atoms with E-state index in [0.717, 1.165) is 0 Å². The Hall–Kier alpha value is -4.14. The van der Waals surface area contributed by atoms with Crippen LogP contribution in [-0.2, 0) is 61.7 Å². The summed E-state index contributed by atoms with van der Waals surface area (Å²) in [6.45, 7) is 3.59. The molecule has 10 N–H and O–H groups in total. The number of hydrogen-bond acceptors (Lipinski definition) is 18. The molecular formula is C40H58N8O12P2. The second kappa shape index (κ2) is 21.0. The number of rotatable bonds is 12. The summed E-state index contributed by atoms with van der Waals surface area (Å²) in [5.41, 5.74) is 3.23. The summed E-state index contributed by atoms with van der Waals surface area (Å²) in [6.07, 6.45) is 3.73. The van der Waals surface area contributed by atoms with Gasteiger partial charge in [-0.2, -0.15) is 0 Å². The lowest BCUT2D eigenvalue weighted by atomic mass is 10.1. The molecule has 0 spiro atoms. The first-order valence-corrected chi connectivity index (χ1v) is 24.0. The third-order valence-electron chi connectivity index (χ3n) is 11.1. The topological polar surface area (TPSA) is 301 Å². The number of nitrogens with zero attached hydrogens (tertiary/aromatic N) is 8. The Kier molecular flexibility index (Phi) is 16.6. The zero-order valence-electron chi connectivity index (χ0n) is 35.4. The van der Waals surface area contributed by atoms with Gasteiger partial charge in [0.15, 0.2) is 0 Å². The van der Waals surface area contributed by atoms with Gasteiger partial charge in [0.05, 0.1) is 74.3 Å². The highest BCUT2D eigenvalue weighted by Gasteiger charge is 2.33. The molecule has 0 atom stereocenters. The van der Waals surface area contributed by atoms with Crippen molar-refractivity contribution in [3.8, 4) is 23.0 Å². The van der Waals surface area contributed by atoms with Crippen molar-refractivity contribution in [2.24, 2.45) is 0 Å². The van der Waals surface area contributed by atoms with Crippen LogP contribution in [0.3, 0.4) is 0 Å². The third-order valence-corrected chi connectivity index (χ3v) is 14.4. The van der Waals surface area contributed by atoms with Crippen molar-refractivity contribution in [1.82, 2.24) is 39.5 Å². The minimum absolute atomic E-state index is 0.0394. The van der Waals surface area contributed by atoms with E-state index in [1.807, 2.05) is 0 Å². The van der Waals surface area contributed by atoms with Crippen LogP contribution in [0.2, 0.25) is 0 Å². The molecule has 22 heteroatoms. The van der Waals surface area contributed by atoms with Crippen LogP contribution in [0.5, 0.6) is 23.0 Å². The van der Waals surface area contributed by atoms with Gasteiger partial charge in [-0.1, -0.05) is 0 Å². The minimum atomic E-state index is -4.27. The summed E-state index contributed by atoms with van der Waals surface area (Å²) in [6, 6.07) is 0. The highest BCUT2D eigenvalue weighted by molar-refractivity contribution is 7.58. The lowest BCUT2D eigenvalue weighted by Crippen LogP contribution is -2.40. The first kappa shape index (κ1) is 48.9. The molecule has 0 saturated carbocycles. The van der Waals surface area contributed by atoms with Crippen molar-refractivity contribution in [3.05, 3.63) is 92.1 Å². The monoisotopic (exact) mass is 904 g/mol. The molecule has 5 heterocycles. The maximum atomic E-state index is 14.6. The van der Waals surface area contributed by atoms with Crippen molar-refractivity contribution in [3.63, 3.8) is 0 Å². The van der Waals surface area contributed by atoms with Crippen LogP contribution in [0.15, 0.2) is 24.8 Å². The van der Waals surface area contributed by atoms with Gasteiger partial charge in [-0.15, -0.1) is 0 Å². The lowest BCUT2D eigenvalue weighted by Gasteiger charge is -2.35. The molecule has 62 heavy (non-hydrogen) atoms. The molecule has 0 aliphatic carbocycles. The van der Waals surface area contributed by atoms with Crippen LogP contribution >= 0.6 is 14.7 Å². The Morgan fingerprint density at radius 1 is 0.435 bits per heavy atom. The molecule has 0 amide bonds. The maximum Gasteiger partial charge on any atom is 0.227 e. The number of hydrogen-bond donors (Lipinski definition) is 10. The van der Waals surface area contributed by atoms with Crippen LogP contribution in [0, 0.1) is 27.7 Å². The van der Waals surface area contributed by atoms with E-state index in [1.54, 1.807) is 47.3 Å². The van der Waals surface area contributed by atoms with Crippen LogP contribution < -0.4 is 0 Å². The first-order chi connectivity index (χ1) is 29.3. The molecule has 4 aromatic rings. The smallest absolute Gasteiger partial charge is 0.227 e. The Morgan fingerprint density at radius 2 is 0.629 bits per heavy atom. The van der Waals surface area contributed by atoms with Crippen molar-refractivity contribution >= 4 is 14.7 Å². The van der Waals surface area contributed by atoms with E-state index in [1.165, 1.54) is 24.8 Å². The van der Waals surface area contributed by atoms with E-state index in [4.69, 9.17) is 0 Å². The summed E-state index contributed by atoms with van der Waals surface area (Å²) < 4.78 is 29.2. The Morgan fingerprint density at radius 3 is 0.806 bits per heavy atom. The number of aromatic hydroxyl groups is 4. The lowest BCUT2D eigenvalue weighted by molar-refractivity contribution is 0.193.